The fourth-order valence-electron chi connectivity index (χ4n) is 9.86. The first-order valence-electron chi connectivity index (χ1n) is 31.0. The highest BCUT2D eigenvalue weighted by Crippen LogP contribution is 2.29. The minimum atomic E-state index is -0.545. The lowest BCUT2D eigenvalue weighted by atomic mass is 9.85. The van der Waals surface area contributed by atoms with Crippen LogP contribution in [0.25, 0.3) is 0 Å². The molecule has 0 aliphatic rings. The quantitative estimate of drug-likeness (QED) is 0.0372. The van der Waals surface area contributed by atoms with E-state index in [2.05, 4.69) is 56.9 Å². The van der Waals surface area contributed by atoms with E-state index in [1.165, 1.54) is 212 Å². The van der Waals surface area contributed by atoms with Crippen LogP contribution in [0.1, 0.15) is 329 Å². The number of ether oxygens (including phenoxy) is 2. The van der Waals surface area contributed by atoms with Gasteiger partial charge in [0, 0.05) is 12.8 Å². The summed E-state index contributed by atoms with van der Waals surface area (Å²) in [5.41, 5.74) is -0.545. The number of unbranched alkanes of at least 4 members (excludes halogenated alkanes) is 33. The molecule has 0 aliphatic carbocycles. The van der Waals surface area contributed by atoms with Gasteiger partial charge in [0.25, 0.3) is 0 Å². The zero-order chi connectivity index (χ0) is 50.2. The Hall–Kier alpha value is -1.66. The molecule has 408 valence electrons. The van der Waals surface area contributed by atoms with E-state index in [1.54, 1.807) is 0 Å². The van der Waals surface area contributed by atoms with Crippen LogP contribution < -0.4 is 0 Å². The number of carbonyl (C=O) groups excluding carboxylic acids is 2. The molecular weight excluding hydrogens is 851 g/mol. The molecule has 0 aromatic heterocycles. The molecule has 6 heteroatoms. The molecule has 0 fully saturated rings. The van der Waals surface area contributed by atoms with E-state index < -0.39 is 5.60 Å². The van der Waals surface area contributed by atoms with Gasteiger partial charge >= 0.3 is 11.9 Å². The maximum absolute atomic E-state index is 12.2. The van der Waals surface area contributed by atoms with Crippen LogP contribution in [0.5, 0.6) is 0 Å². The van der Waals surface area contributed by atoms with Crippen LogP contribution in [0.2, 0.25) is 0 Å². The fraction of sp³-hybridized carbons (Fsp3) is 0.905. The lowest BCUT2D eigenvalue weighted by Gasteiger charge is -2.29. The Bertz CT molecular complexity index is 1030. The molecule has 0 bridgehead atoms. The van der Waals surface area contributed by atoms with Crippen molar-refractivity contribution in [2.75, 3.05) is 32.8 Å². The molecule has 0 unspecified atom stereocenters. The molecule has 0 aliphatic heterocycles. The van der Waals surface area contributed by atoms with Crippen LogP contribution in [0.3, 0.4) is 0 Å². The number of esters is 2. The Morgan fingerprint density at radius 3 is 0.986 bits per heavy atom. The Morgan fingerprint density at radius 1 is 0.348 bits per heavy atom. The van der Waals surface area contributed by atoms with Gasteiger partial charge in [0.2, 0.25) is 0 Å². The molecule has 0 aromatic rings. The average molecular weight is 973 g/mol. The number of hydrogen-bond donors (Lipinski definition) is 1. The normalized spacial score (nSPS) is 12.1. The maximum Gasteiger partial charge on any atom is 0.305 e. The van der Waals surface area contributed by atoms with Crippen molar-refractivity contribution in [2.24, 2.45) is 0 Å². The molecular formula is C63H121NO5. The van der Waals surface area contributed by atoms with E-state index in [1.807, 2.05) is 0 Å². The van der Waals surface area contributed by atoms with Crippen molar-refractivity contribution in [3.63, 3.8) is 0 Å². The van der Waals surface area contributed by atoms with Crippen molar-refractivity contribution in [2.45, 2.75) is 335 Å². The van der Waals surface area contributed by atoms with Crippen molar-refractivity contribution in [1.82, 2.24) is 4.90 Å². The van der Waals surface area contributed by atoms with Crippen LogP contribution in [0.15, 0.2) is 24.3 Å². The highest BCUT2D eigenvalue weighted by Gasteiger charge is 2.25. The highest BCUT2D eigenvalue weighted by molar-refractivity contribution is 5.69. The Morgan fingerprint density at radius 2 is 0.638 bits per heavy atom. The summed E-state index contributed by atoms with van der Waals surface area (Å²) >= 11 is 0. The molecule has 0 saturated carbocycles. The minimum Gasteiger partial charge on any atom is -0.466 e. The van der Waals surface area contributed by atoms with Crippen LogP contribution in [0, 0.1) is 0 Å². The monoisotopic (exact) mass is 972 g/mol. The van der Waals surface area contributed by atoms with E-state index in [9.17, 15) is 14.7 Å². The van der Waals surface area contributed by atoms with Crippen molar-refractivity contribution >= 4 is 11.9 Å². The van der Waals surface area contributed by atoms with Gasteiger partial charge in [-0.3, -0.25) is 9.59 Å². The standard InChI is InChI=1S/C63H121NO5/c1-5-9-11-13-15-17-19-21-23-25-27-29-31-37-43-51-61(65)68-59-49-41-35-33-39-45-53-63(67,55-47-48-58-64(56-7-3)57-8-4)54-46-40-34-36-42-50-60-69-62(66)52-44-38-32-30-28-26-24-22-20-18-16-14-12-10-6-2/h21-24,67H,5-20,25-60H2,1-4H3/b23-21-,24-22-. The second-order valence-electron chi connectivity index (χ2n) is 21.4. The number of nitrogens with zero attached hydrogens (tertiary/aromatic N) is 1. The Balaban J connectivity index is 4.08. The van der Waals surface area contributed by atoms with Gasteiger partial charge in [-0.1, -0.05) is 219 Å². The molecule has 0 rings (SSSR count). The maximum atomic E-state index is 12.2. The predicted molar refractivity (Wildman–Crippen MR) is 301 cm³/mol. The molecule has 0 radical (unpaired) electrons. The SMILES string of the molecule is CCCCCCCC/C=C\CCCCCCCC(=O)OCCCCCCCCC(O)(CCCCCCCCOC(=O)CCCCCCC/C=C\CCCCCCCC)CCCCN(CCC)CCC. The lowest BCUT2D eigenvalue weighted by molar-refractivity contribution is -0.144. The lowest BCUT2D eigenvalue weighted by Crippen LogP contribution is -2.30. The van der Waals surface area contributed by atoms with Crippen LogP contribution >= 0.6 is 0 Å². The van der Waals surface area contributed by atoms with Gasteiger partial charge in [0.1, 0.15) is 0 Å². The van der Waals surface area contributed by atoms with Gasteiger partial charge in [-0.2, -0.15) is 0 Å². The van der Waals surface area contributed by atoms with E-state index in [4.69, 9.17) is 9.47 Å². The summed E-state index contributed by atoms with van der Waals surface area (Å²) in [7, 11) is 0. The second kappa shape index (κ2) is 55.7. The Kier molecular flexibility index (Phi) is 54.3. The summed E-state index contributed by atoms with van der Waals surface area (Å²) in [6, 6.07) is 0. The van der Waals surface area contributed by atoms with E-state index >= 15 is 0 Å². The fourth-order valence-corrected chi connectivity index (χ4v) is 9.86. The van der Waals surface area contributed by atoms with Gasteiger partial charge in [0.15, 0.2) is 0 Å². The predicted octanol–water partition coefficient (Wildman–Crippen LogP) is 19.6. The summed E-state index contributed by atoms with van der Waals surface area (Å²) in [6.07, 6.45) is 64.4. The third kappa shape index (κ3) is 52.5. The molecule has 0 saturated heterocycles. The average Bonchev–Trinajstić information content (AvgIpc) is 3.34. The van der Waals surface area contributed by atoms with Crippen LogP contribution in [0.4, 0.5) is 0 Å². The van der Waals surface area contributed by atoms with E-state index in [0.717, 1.165) is 96.4 Å². The molecule has 0 aromatic carbocycles. The van der Waals surface area contributed by atoms with Gasteiger partial charge in [-0.05, 0) is 142 Å². The molecule has 0 atom stereocenters. The number of aliphatic hydroxyl groups is 1. The molecule has 0 heterocycles. The van der Waals surface area contributed by atoms with Crippen molar-refractivity contribution in [3.05, 3.63) is 24.3 Å². The van der Waals surface area contributed by atoms with E-state index in [-0.39, 0.29) is 11.9 Å². The van der Waals surface area contributed by atoms with Crippen molar-refractivity contribution in [1.29, 1.82) is 0 Å². The largest absolute Gasteiger partial charge is 0.466 e. The summed E-state index contributed by atoms with van der Waals surface area (Å²) in [6.45, 7) is 13.7. The van der Waals surface area contributed by atoms with E-state index in [0.29, 0.717) is 26.1 Å². The number of carbonyl (C=O) groups is 2. The molecule has 0 amide bonds. The van der Waals surface area contributed by atoms with Crippen LogP contribution in [-0.4, -0.2) is 60.4 Å². The molecule has 69 heavy (non-hydrogen) atoms. The van der Waals surface area contributed by atoms with Gasteiger partial charge < -0.3 is 19.5 Å². The number of allylic oxidation sites excluding steroid dienone is 4. The van der Waals surface area contributed by atoms with Gasteiger partial charge in [0.05, 0.1) is 18.8 Å². The smallest absolute Gasteiger partial charge is 0.305 e. The zero-order valence-electron chi connectivity index (χ0n) is 47.1. The molecule has 0 spiro atoms. The van der Waals surface area contributed by atoms with Gasteiger partial charge in [-0.25, -0.2) is 0 Å². The topological polar surface area (TPSA) is 76.1 Å². The second-order valence-corrected chi connectivity index (χ2v) is 21.4. The highest BCUT2D eigenvalue weighted by atomic mass is 16.5. The first-order chi connectivity index (χ1) is 33.9. The summed E-state index contributed by atoms with van der Waals surface area (Å²) < 4.78 is 11.1. The summed E-state index contributed by atoms with van der Waals surface area (Å²) in [5, 5.41) is 11.9. The summed E-state index contributed by atoms with van der Waals surface area (Å²) in [4.78, 5) is 27.1. The van der Waals surface area contributed by atoms with Crippen LogP contribution in [-0.2, 0) is 19.1 Å². The molecule has 1 N–H and O–H groups in total. The minimum absolute atomic E-state index is 0.0209. The Labute approximate surface area is 431 Å². The third-order valence-electron chi connectivity index (χ3n) is 14.3. The summed E-state index contributed by atoms with van der Waals surface area (Å²) in [5.74, 6) is -0.0418. The first-order valence-corrected chi connectivity index (χ1v) is 31.0. The first kappa shape index (κ1) is 67.3. The van der Waals surface area contributed by atoms with Crippen molar-refractivity contribution < 1.29 is 24.2 Å². The molecule has 6 nitrogen and oxygen atoms in total. The third-order valence-corrected chi connectivity index (χ3v) is 14.3. The number of hydrogen-bond acceptors (Lipinski definition) is 6. The zero-order valence-corrected chi connectivity index (χ0v) is 47.1. The number of rotatable bonds is 57. The van der Waals surface area contributed by atoms with Crippen molar-refractivity contribution in [3.8, 4) is 0 Å². The van der Waals surface area contributed by atoms with Gasteiger partial charge in [-0.15, -0.1) is 0 Å².